The molecule has 0 radical (unpaired) electrons. The summed E-state index contributed by atoms with van der Waals surface area (Å²) in [7, 11) is 0. The number of Topliss-reactive ketones (excluding diaryl/α,β-unsaturated/α-hetero) is 1. The molecule has 2 amide bonds. The predicted octanol–water partition coefficient (Wildman–Crippen LogP) is 6.49. The van der Waals surface area contributed by atoms with Gasteiger partial charge in [0.1, 0.15) is 35.6 Å². The summed E-state index contributed by atoms with van der Waals surface area (Å²) in [6.07, 6.45) is 2.94. The van der Waals surface area contributed by atoms with E-state index in [9.17, 15) is 27.6 Å². The van der Waals surface area contributed by atoms with E-state index in [1.807, 2.05) is 19.1 Å². The molecule has 1 N–H and O–H groups in total. The zero-order chi connectivity index (χ0) is 36.7. The van der Waals surface area contributed by atoms with Crippen molar-refractivity contribution in [1.82, 2.24) is 29.6 Å². The van der Waals surface area contributed by atoms with Crippen LogP contribution in [0.1, 0.15) is 86.0 Å². The summed E-state index contributed by atoms with van der Waals surface area (Å²) < 4.78 is 47.9. The first-order valence-corrected chi connectivity index (χ1v) is 17.3. The summed E-state index contributed by atoms with van der Waals surface area (Å²) in [4.78, 5) is 55.1. The Kier molecular flexibility index (Phi) is 9.99. The van der Waals surface area contributed by atoms with E-state index >= 15 is 0 Å². The van der Waals surface area contributed by atoms with Gasteiger partial charge >= 0.3 is 6.18 Å². The van der Waals surface area contributed by atoms with Crippen molar-refractivity contribution in [3.8, 4) is 11.1 Å². The van der Waals surface area contributed by atoms with E-state index in [0.29, 0.717) is 54.8 Å². The molecule has 11 nitrogen and oxygen atoms in total. The maximum absolute atomic E-state index is 14.4. The molecule has 1 aliphatic carbocycles. The molecule has 2 aliphatic rings. The number of benzene rings is 1. The lowest BCUT2D eigenvalue weighted by Gasteiger charge is -2.27. The molecule has 0 spiro atoms. The van der Waals surface area contributed by atoms with Crippen LogP contribution >= 0.6 is 0 Å². The van der Waals surface area contributed by atoms with Crippen LogP contribution in [0.15, 0.2) is 36.7 Å². The molecule has 51 heavy (non-hydrogen) atoms. The molecular formula is C37H42F3N7O4. The van der Waals surface area contributed by atoms with Crippen LogP contribution in [-0.2, 0) is 33.5 Å². The number of hydrogen-bond acceptors (Lipinski definition) is 8. The molecule has 6 rings (SSSR count). The van der Waals surface area contributed by atoms with Gasteiger partial charge in [0.25, 0.3) is 0 Å². The number of piperidine rings is 1. The van der Waals surface area contributed by atoms with Crippen molar-refractivity contribution in [3.63, 3.8) is 0 Å². The first kappa shape index (κ1) is 36.1. The Balaban J connectivity index is 1.36. The smallest absolute Gasteiger partial charge is 0.381 e. The molecule has 1 saturated heterocycles. The number of pyridine rings is 1. The summed E-state index contributed by atoms with van der Waals surface area (Å²) in [5.74, 6) is -0.849. The van der Waals surface area contributed by atoms with Crippen molar-refractivity contribution in [2.45, 2.75) is 97.9 Å². The maximum atomic E-state index is 14.4. The highest BCUT2D eigenvalue weighted by atomic mass is 19.4. The number of nitrogens with zero attached hydrogens (tertiary/aromatic N) is 6. The molecule has 1 aliphatic heterocycles. The minimum Gasteiger partial charge on any atom is -0.381 e. The number of ketones is 1. The van der Waals surface area contributed by atoms with Crippen molar-refractivity contribution in [3.05, 3.63) is 65.0 Å². The topological polar surface area (TPSA) is 132 Å². The molecule has 2 fully saturated rings. The SMILES string of the molecule is CCCCc1cc(-c2cnc(C)nc2)cc2c(C(C)=O)nn(CC(=O)N3[C@H](C(=O)Nc4nc(C(F)(F)F)ccc4C)C[C@@]4(COCCC)C[C@@H]34)c12. The number of amides is 2. The number of aromatic nitrogens is 5. The molecule has 3 atom stereocenters. The molecule has 4 aromatic rings. The van der Waals surface area contributed by atoms with Gasteiger partial charge in [0, 0.05) is 48.3 Å². The number of fused-ring (bicyclic) bond motifs is 2. The summed E-state index contributed by atoms with van der Waals surface area (Å²) in [5.41, 5.74) is 2.19. The Bertz CT molecular complexity index is 1980. The van der Waals surface area contributed by atoms with Crippen LogP contribution in [0.25, 0.3) is 22.0 Å². The lowest BCUT2D eigenvalue weighted by atomic mass is 9.97. The van der Waals surface area contributed by atoms with Gasteiger partial charge in [-0.05, 0) is 80.8 Å². The number of likely N-dealkylation sites (tertiary alicyclic amines) is 1. The molecule has 4 heterocycles. The molecule has 0 bridgehead atoms. The first-order valence-electron chi connectivity index (χ1n) is 17.3. The number of aryl methyl sites for hydroxylation is 3. The van der Waals surface area contributed by atoms with Gasteiger partial charge in [0.2, 0.25) is 11.8 Å². The van der Waals surface area contributed by atoms with Crippen LogP contribution in [0.2, 0.25) is 0 Å². The quantitative estimate of drug-likeness (QED) is 0.123. The molecule has 270 valence electrons. The second-order valence-electron chi connectivity index (χ2n) is 13.7. The third kappa shape index (κ3) is 7.23. The van der Waals surface area contributed by atoms with Gasteiger partial charge in [0.05, 0.1) is 12.1 Å². The van der Waals surface area contributed by atoms with Gasteiger partial charge in [-0.2, -0.15) is 18.3 Å². The van der Waals surface area contributed by atoms with Crippen LogP contribution in [0, 0.1) is 19.3 Å². The fourth-order valence-corrected chi connectivity index (χ4v) is 7.11. The second-order valence-corrected chi connectivity index (χ2v) is 13.7. The average molecular weight is 706 g/mol. The number of carbonyl (C=O) groups excluding carboxylic acids is 3. The van der Waals surface area contributed by atoms with Gasteiger partial charge in [-0.15, -0.1) is 0 Å². The number of unbranched alkanes of at least 4 members (excludes halogenated alkanes) is 1. The highest BCUT2D eigenvalue weighted by Crippen LogP contribution is 2.60. The van der Waals surface area contributed by atoms with E-state index in [0.717, 1.165) is 42.0 Å². The zero-order valence-electron chi connectivity index (χ0n) is 29.4. The Morgan fingerprint density at radius 3 is 2.45 bits per heavy atom. The number of alkyl halides is 3. The van der Waals surface area contributed by atoms with Crippen molar-refractivity contribution >= 4 is 34.3 Å². The van der Waals surface area contributed by atoms with Gasteiger partial charge in [-0.25, -0.2) is 15.0 Å². The van der Waals surface area contributed by atoms with Gasteiger partial charge < -0.3 is 15.0 Å². The van der Waals surface area contributed by atoms with Crippen molar-refractivity contribution in [1.29, 1.82) is 0 Å². The number of halogens is 3. The zero-order valence-corrected chi connectivity index (χ0v) is 29.4. The highest BCUT2D eigenvalue weighted by Gasteiger charge is 2.67. The predicted molar refractivity (Wildman–Crippen MR) is 184 cm³/mol. The number of carbonyl (C=O) groups is 3. The molecule has 0 unspecified atom stereocenters. The monoisotopic (exact) mass is 705 g/mol. The Labute approximate surface area is 294 Å². The lowest BCUT2D eigenvalue weighted by molar-refractivity contribution is -0.141. The van der Waals surface area contributed by atoms with E-state index in [1.54, 1.807) is 30.9 Å². The van der Waals surface area contributed by atoms with Crippen LogP contribution in [0.4, 0.5) is 19.0 Å². The molecule has 1 aromatic carbocycles. The number of nitrogens with one attached hydrogen (secondary N) is 1. The third-order valence-corrected chi connectivity index (χ3v) is 9.83. The summed E-state index contributed by atoms with van der Waals surface area (Å²) in [6.45, 7) is 9.49. The van der Waals surface area contributed by atoms with Crippen LogP contribution < -0.4 is 5.32 Å². The van der Waals surface area contributed by atoms with Crippen LogP contribution in [0.3, 0.4) is 0 Å². The van der Waals surface area contributed by atoms with E-state index in [2.05, 4.69) is 32.3 Å². The molecule has 3 aromatic heterocycles. The fraction of sp³-hybridized carbons (Fsp3) is 0.486. The minimum absolute atomic E-state index is 0.210. The van der Waals surface area contributed by atoms with Gasteiger partial charge in [-0.1, -0.05) is 26.3 Å². The largest absolute Gasteiger partial charge is 0.433 e. The number of ether oxygens (including phenoxy) is 1. The normalized spacial score (nSPS) is 19.7. The Morgan fingerprint density at radius 2 is 1.78 bits per heavy atom. The third-order valence-electron chi connectivity index (χ3n) is 9.83. The minimum atomic E-state index is -4.69. The van der Waals surface area contributed by atoms with Crippen LogP contribution in [-0.4, -0.2) is 72.5 Å². The molecular weight excluding hydrogens is 663 g/mol. The van der Waals surface area contributed by atoms with E-state index < -0.39 is 29.2 Å². The van der Waals surface area contributed by atoms with E-state index in [-0.39, 0.29) is 35.8 Å². The van der Waals surface area contributed by atoms with Crippen LogP contribution in [0.5, 0.6) is 0 Å². The standard InChI is InChI=1S/C37H42F3N7O4/c1-6-8-9-24-13-25(26-17-41-23(5)42-18-26)14-27-32(22(4)48)45-46(33(24)27)19-31(49)47-28(15-36(16-30(36)47)20-51-12-7-2)35(50)44-34-21(3)10-11-29(43-34)37(38,39)40/h10-11,13-14,17-18,28,30H,6-9,12,15-16,19-20H2,1-5H3,(H,43,44,50)/t28-,30+,36-/m0/s1. The number of anilines is 1. The van der Waals surface area contributed by atoms with Crippen molar-refractivity contribution < 1.29 is 32.3 Å². The van der Waals surface area contributed by atoms with Gasteiger partial charge in [-0.3, -0.25) is 19.1 Å². The average Bonchev–Trinajstić information content (AvgIpc) is 3.49. The second kappa shape index (κ2) is 14.1. The summed E-state index contributed by atoms with van der Waals surface area (Å²) in [6, 6.07) is 4.74. The summed E-state index contributed by atoms with van der Waals surface area (Å²) in [5, 5.41) is 7.85. The Morgan fingerprint density at radius 1 is 1.04 bits per heavy atom. The molecule has 1 saturated carbocycles. The number of hydrogen-bond donors (Lipinski definition) is 1. The maximum Gasteiger partial charge on any atom is 0.433 e. The fourth-order valence-electron chi connectivity index (χ4n) is 7.11. The lowest BCUT2D eigenvalue weighted by Crippen LogP contribution is -2.47. The number of rotatable bonds is 13. The first-order chi connectivity index (χ1) is 24.3. The highest BCUT2D eigenvalue weighted by molar-refractivity contribution is 6.07. The van der Waals surface area contributed by atoms with Crippen molar-refractivity contribution in [2.75, 3.05) is 18.5 Å². The van der Waals surface area contributed by atoms with E-state index in [1.165, 1.54) is 17.9 Å². The van der Waals surface area contributed by atoms with E-state index in [4.69, 9.17) is 4.74 Å². The van der Waals surface area contributed by atoms with Gasteiger partial charge in [0.15, 0.2) is 5.78 Å². The Hall–Kier alpha value is -4.72. The van der Waals surface area contributed by atoms with Crippen molar-refractivity contribution in [2.24, 2.45) is 5.41 Å². The summed E-state index contributed by atoms with van der Waals surface area (Å²) >= 11 is 0. The molecule has 14 heteroatoms.